The Morgan fingerprint density at radius 2 is 2.00 bits per heavy atom. The van der Waals surface area contributed by atoms with Crippen molar-refractivity contribution in [2.75, 3.05) is 12.1 Å². The van der Waals surface area contributed by atoms with E-state index in [2.05, 4.69) is 25.1 Å². The van der Waals surface area contributed by atoms with Gasteiger partial charge in [0.1, 0.15) is 30.3 Å². The van der Waals surface area contributed by atoms with Gasteiger partial charge in [0.2, 0.25) is 7.44 Å². The number of nitrogens with two attached hydrogens (primary N) is 1. The lowest BCUT2D eigenvalue weighted by atomic mass is 9.96. The molecule has 2 heterocycles. The number of nitrogens with one attached hydrogen (secondary N) is 2. The third-order valence-electron chi connectivity index (χ3n) is 5.42. The molecule has 0 aliphatic heterocycles. The highest BCUT2D eigenvalue weighted by atomic mass is 31.2. The largest absolute Gasteiger partial charge is 0.481 e. The summed E-state index contributed by atoms with van der Waals surface area (Å²) in [6.45, 7) is 5.29. The van der Waals surface area contributed by atoms with E-state index in [1.54, 1.807) is 31.7 Å². The Bertz CT molecular complexity index is 1060. The van der Waals surface area contributed by atoms with E-state index in [1.165, 1.54) is 6.33 Å². The van der Waals surface area contributed by atoms with E-state index in [9.17, 15) is 14.2 Å². The quantitative estimate of drug-likeness (QED) is 0.231. The van der Waals surface area contributed by atoms with Crippen molar-refractivity contribution >= 4 is 36.4 Å². The van der Waals surface area contributed by atoms with Gasteiger partial charge >= 0.3 is 11.9 Å². The van der Waals surface area contributed by atoms with Crippen LogP contribution in [0.15, 0.2) is 12.7 Å². The smallest absolute Gasteiger partial charge is 0.323 e. The maximum absolute atomic E-state index is 13.6. The Morgan fingerprint density at radius 3 is 2.65 bits per heavy atom. The Labute approximate surface area is 197 Å². The molecule has 4 unspecified atom stereocenters. The summed E-state index contributed by atoms with van der Waals surface area (Å²) in [7, 11) is -3.53. The molecule has 1 fully saturated rings. The Hall–Kier alpha value is -2.60. The Balaban J connectivity index is 1.64. The van der Waals surface area contributed by atoms with Crippen LogP contribution in [0.5, 0.6) is 0 Å². The van der Waals surface area contributed by atoms with Crippen molar-refractivity contribution in [3.63, 3.8) is 0 Å². The number of imidazole rings is 1. The van der Waals surface area contributed by atoms with E-state index >= 15 is 0 Å². The SMILES string of the molecule is CC(CC(=O)O)NP(=O)(COC(C)Cn1cnc2c(N)ncnc21)NC(C)C(=O)OC1CCC1. The second-order valence-electron chi connectivity index (χ2n) is 8.64. The zero-order valence-electron chi connectivity index (χ0n) is 19.5. The van der Waals surface area contributed by atoms with Gasteiger partial charge in [-0.2, -0.15) is 0 Å². The topological polar surface area (TPSA) is 184 Å². The summed E-state index contributed by atoms with van der Waals surface area (Å²) in [4.78, 5) is 35.8. The lowest BCUT2D eigenvalue weighted by Crippen LogP contribution is -2.42. The van der Waals surface area contributed by atoms with Crippen LogP contribution in [0.4, 0.5) is 5.82 Å². The first-order valence-electron chi connectivity index (χ1n) is 11.2. The first-order valence-corrected chi connectivity index (χ1v) is 13.1. The van der Waals surface area contributed by atoms with Gasteiger partial charge in [-0.1, -0.05) is 0 Å². The summed E-state index contributed by atoms with van der Waals surface area (Å²) in [6.07, 6.45) is 4.53. The third-order valence-corrected chi connectivity index (χ3v) is 7.60. The molecular weight excluding hydrogens is 465 g/mol. The van der Waals surface area contributed by atoms with E-state index in [0.717, 1.165) is 19.3 Å². The lowest BCUT2D eigenvalue weighted by molar-refractivity contribution is -0.154. The molecule has 13 nitrogen and oxygen atoms in total. The highest BCUT2D eigenvalue weighted by Gasteiger charge is 2.32. The molecule has 1 saturated carbocycles. The van der Waals surface area contributed by atoms with Crippen molar-refractivity contribution < 1.29 is 28.7 Å². The fraction of sp³-hybridized carbons (Fsp3) is 0.650. The van der Waals surface area contributed by atoms with Gasteiger partial charge in [-0.05, 0) is 40.0 Å². The Kier molecular flexibility index (Phi) is 8.58. The number of esters is 1. The maximum Gasteiger partial charge on any atom is 0.323 e. The van der Waals surface area contributed by atoms with Crippen LogP contribution in [0.3, 0.4) is 0 Å². The number of hydrogen-bond donors (Lipinski definition) is 4. The van der Waals surface area contributed by atoms with Crippen molar-refractivity contribution in [2.24, 2.45) is 0 Å². The van der Waals surface area contributed by atoms with Crippen LogP contribution >= 0.6 is 7.44 Å². The fourth-order valence-corrected chi connectivity index (χ4v) is 5.71. The summed E-state index contributed by atoms with van der Waals surface area (Å²) in [5, 5.41) is 14.7. The molecule has 0 spiro atoms. The zero-order chi connectivity index (χ0) is 24.9. The minimum Gasteiger partial charge on any atom is -0.481 e. The van der Waals surface area contributed by atoms with Gasteiger partial charge in [-0.15, -0.1) is 0 Å². The van der Waals surface area contributed by atoms with Gasteiger partial charge in [-0.25, -0.2) is 25.1 Å². The van der Waals surface area contributed by atoms with Crippen LogP contribution in [-0.4, -0.2) is 67.2 Å². The van der Waals surface area contributed by atoms with Crippen molar-refractivity contribution in [1.82, 2.24) is 29.7 Å². The number of anilines is 1. The molecule has 0 bridgehead atoms. The summed E-state index contributed by atoms with van der Waals surface area (Å²) in [5.41, 5.74) is 6.84. The van der Waals surface area contributed by atoms with Crippen molar-refractivity contribution in [1.29, 1.82) is 0 Å². The number of nitrogen functional groups attached to an aromatic ring is 1. The molecular formula is C20H32N7O6P. The predicted molar refractivity (Wildman–Crippen MR) is 124 cm³/mol. The molecule has 188 valence electrons. The number of carbonyl (C=O) groups is 2. The molecule has 14 heteroatoms. The monoisotopic (exact) mass is 497 g/mol. The minimum atomic E-state index is -3.53. The number of fused-ring (bicyclic) bond motifs is 1. The number of rotatable bonds is 13. The van der Waals surface area contributed by atoms with E-state index in [1.807, 2.05) is 0 Å². The van der Waals surface area contributed by atoms with Crippen molar-refractivity contribution in [2.45, 2.75) is 77.3 Å². The van der Waals surface area contributed by atoms with Crippen molar-refractivity contribution in [3.05, 3.63) is 12.7 Å². The molecule has 1 aliphatic carbocycles. The van der Waals surface area contributed by atoms with E-state index < -0.39 is 37.6 Å². The van der Waals surface area contributed by atoms with E-state index in [-0.39, 0.29) is 24.7 Å². The third kappa shape index (κ3) is 6.95. The zero-order valence-corrected chi connectivity index (χ0v) is 20.4. The van der Waals surface area contributed by atoms with Gasteiger partial charge in [0, 0.05) is 6.04 Å². The standard InChI is InChI=1S/C20H32N7O6P/c1-12(7-16(28)29)25-34(31,26-14(3)20(30)33-15-5-4-6-15)11-32-13(2)8-27-10-24-17-18(21)22-9-23-19(17)27/h9-10,12-15H,4-8,11H2,1-3H3,(H,28,29)(H2,21,22,23)(H2,25,26,31). The molecule has 2 aromatic heterocycles. The second-order valence-corrected chi connectivity index (χ2v) is 10.9. The first-order chi connectivity index (χ1) is 16.1. The molecule has 0 saturated heterocycles. The van der Waals surface area contributed by atoms with Gasteiger partial charge < -0.3 is 24.9 Å². The maximum atomic E-state index is 13.6. The molecule has 1 aliphatic rings. The van der Waals surface area contributed by atoms with Gasteiger partial charge in [0.25, 0.3) is 0 Å². The van der Waals surface area contributed by atoms with Crippen molar-refractivity contribution in [3.8, 4) is 0 Å². The molecule has 5 N–H and O–H groups in total. The summed E-state index contributed by atoms with van der Waals surface area (Å²) < 4.78 is 26.6. The number of nitrogens with zero attached hydrogens (tertiary/aromatic N) is 4. The summed E-state index contributed by atoms with van der Waals surface area (Å²) in [6, 6.07) is -1.49. The molecule has 0 aromatic carbocycles. The number of carboxylic acid groups (broad SMARTS) is 1. The Morgan fingerprint density at radius 1 is 1.26 bits per heavy atom. The number of carbonyl (C=O) groups excluding carboxylic acids is 1. The average Bonchev–Trinajstić information content (AvgIpc) is 3.12. The number of hydrogen-bond acceptors (Lipinski definition) is 9. The van der Waals surface area contributed by atoms with Gasteiger partial charge in [-0.3, -0.25) is 14.2 Å². The summed E-state index contributed by atoms with van der Waals surface area (Å²) in [5.74, 6) is -1.27. The van der Waals surface area contributed by atoms with Crippen LogP contribution in [0, 0.1) is 0 Å². The number of aliphatic carboxylic acids is 1. The number of carboxylic acids is 1. The normalized spacial score (nSPS) is 18.6. The fourth-order valence-electron chi connectivity index (χ4n) is 3.49. The van der Waals surface area contributed by atoms with Crippen LogP contribution in [-0.2, 0) is 30.2 Å². The highest BCUT2D eigenvalue weighted by Crippen LogP contribution is 2.38. The second kappa shape index (κ2) is 11.2. The van der Waals surface area contributed by atoms with Crippen LogP contribution in [0.2, 0.25) is 0 Å². The van der Waals surface area contributed by atoms with Crippen LogP contribution in [0.25, 0.3) is 11.2 Å². The molecule has 2 aromatic rings. The van der Waals surface area contributed by atoms with E-state index in [0.29, 0.717) is 17.7 Å². The predicted octanol–water partition coefficient (Wildman–Crippen LogP) is 1.49. The first kappa shape index (κ1) is 26.0. The molecule has 0 amide bonds. The molecule has 4 atom stereocenters. The minimum absolute atomic E-state index is 0.103. The highest BCUT2D eigenvalue weighted by molar-refractivity contribution is 7.59. The van der Waals surface area contributed by atoms with Crippen LogP contribution < -0.4 is 15.9 Å². The lowest BCUT2D eigenvalue weighted by Gasteiger charge is -2.30. The summed E-state index contributed by atoms with van der Waals surface area (Å²) >= 11 is 0. The van der Waals surface area contributed by atoms with E-state index in [4.69, 9.17) is 20.3 Å². The molecule has 0 radical (unpaired) electrons. The number of aromatic nitrogens is 4. The molecule has 3 rings (SSSR count). The average molecular weight is 497 g/mol. The van der Waals surface area contributed by atoms with Crippen LogP contribution in [0.1, 0.15) is 46.5 Å². The van der Waals surface area contributed by atoms with Gasteiger partial charge in [0.05, 0.1) is 25.4 Å². The number of ether oxygens (including phenoxy) is 2. The van der Waals surface area contributed by atoms with Gasteiger partial charge in [0.15, 0.2) is 11.5 Å². The molecule has 34 heavy (non-hydrogen) atoms.